The molecule has 0 aliphatic carbocycles. The van der Waals surface area contributed by atoms with Crippen LogP contribution >= 0.6 is 0 Å². The molecule has 1 aromatic carbocycles. The highest BCUT2D eigenvalue weighted by Gasteiger charge is 2.25. The molecule has 1 aromatic rings. The number of hydrogen-bond acceptors (Lipinski definition) is 4. The van der Waals surface area contributed by atoms with Crippen LogP contribution in [0.5, 0.6) is 0 Å². The topological polar surface area (TPSA) is 78.5 Å². The summed E-state index contributed by atoms with van der Waals surface area (Å²) in [6.07, 6.45) is 1.83. The predicted octanol–water partition coefficient (Wildman–Crippen LogP) is 1.12. The highest BCUT2D eigenvalue weighted by Crippen LogP contribution is 2.20. The molecule has 7 heteroatoms. The third-order valence-corrected chi connectivity index (χ3v) is 5.80. The van der Waals surface area contributed by atoms with E-state index in [0.29, 0.717) is 12.1 Å². The van der Waals surface area contributed by atoms with Crippen molar-refractivity contribution >= 4 is 15.9 Å². The molecule has 1 saturated heterocycles. The van der Waals surface area contributed by atoms with Gasteiger partial charge in [0.05, 0.1) is 4.90 Å². The van der Waals surface area contributed by atoms with E-state index in [0.717, 1.165) is 31.5 Å². The maximum absolute atomic E-state index is 12.8. The number of hydrogen-bond donors (Lipinski definition) is 2. The molecule has 0 unspecified atom stereocenters. The number of nitrogens with zero attached hydrogens (tertiary/aromatic N) is 1. The van der Waals surface area contributed by atoms with Crippen molar-refractivity contribution in [2.45, 2.75) is 37.6 Å². The van der Waals surface area contributed by atoms with E-state index < -0.39 is 10.0 Å². The second-order valence-corrected chi connectivity index (χ2v) is 7.64. The molecule has 128 valence electrons. The van der Waals surface area contributed by atoms with E-state index in [1.807, 2.05) is 6.92 Å². The third kappa shape index (κ3) is 4.10. The van der Waals surface area contributed by atoms with E-state index in [-0.39, 0.29) is 16.8 Å². The van der Waals surface area contributed by atoms with Gasteiger partial charge in [0.15, 0.2) is 0 Å². The maximum atomic E-state index is 12.8. The van der Waals surface area contributed by atoms with E-state index in [9.17, 15) is 13.2 Å². The molecule has 0 saturated carbocycles. The first-order chi connectivity index (χ1) is 10.9. The van der Waals surface area contributed by atoms with Crippen LogP contribution in [0, 0.1) is 6.92 Å². The fraction of sp³-hybridized carbons (Fsp3) is 0.562. The number of carbonyl (C=O) groups is 1. The van der Waals surface area contributed by atoms with Gasteiger partial charge in [-0.1, -0.05) is 13.0 Å². The average molecular weight is 339 g/mol. The second-order valence-electron chi connectivity index (χ2n) is 5.88. The van der Waals surface area contributed by atoms with E-state index in [2.05, 4.69) is 10.0 Å². The van der Waals surface area contributed by atoms with Crippen molar-refractivity contribution in [2.75, 3.05) is 26.7 Å². The molecule has 1 aliphatic heterocycles. The summed E-state index contributed by atoms with van der Waals surface area (Å²) in [5.74, 6) is -0.122. The molecule has 6 nitrogen and oxygen atoms in total. The lowest BCUT2D eigenvalue weighted by atomic mass is 10.0. The number of nitrogens with one attached hydrogen (secondary N) is 2. The van der Waals surface area contributed by atoms with Crippen LogP contribution in [0.2, 0.25) is 0 Å². The summed E-state index contributed by atoms with van der Waals surface area (Å²) < 4.78 is 26.7. The second kappa shape index (κ2) is 7.42. The molecule has 0 spiro atoms. The third-order valence-electron chi connectivity index (χ3n) is 4.26. The first-order valence-electron chi connectivity index (χ1n) is 7.95. The summed E-state index contributed by atoms with van der Waals surface area (Å²) >= 11 is 0. The average Bonchev–Trinajstić information content (AvgIpc) is 2.54. The first-order valence-corrected chi connectivity index (χ1v) is 9.43. The monoisotopic (exact) mass is 339 g/mol. The number of sulfonamides is 1. The zero-order valence-corrected chi connectivity index (χ0v) is 14.7. The van der Waals surface area contributed by atoms with Crippen molar-refractivity contribution in [3.8, 4) is 0 Å². The maximum Gasteiger partial charge on any atom is 0.254 e. The molecule has 0 radical (unpaired) electrons. The van der Waals surface area contributed by atoms with Crippen molar-refractivity contribution in [1.29, 1.82) is 0 Å². The zero-order valence-electron chi connectivity index (χ0n) is 13.9. The molecule has 23 heavy (non-hydrogen) atoms. The molecule has 1 heterocycles. The lowest BCUT2D eigenvalue weighted by molar-refractivity contribution is 0.0702. The summed E-state index contributed by atoms with van der Waals surface area (Å²) in [6.45, 7) is 5.66. The normalized spacial score (nSPS) is 16.3. The minimum atomic E-state index is -3.56. The number of rotatable bonds is 5. The van der Waals surface area contributed by atoms with Crippen LogP contribution in [0.15, 0.2) is 23.1 Å². The molecule has 1 fully saturated rings. The Bertz CT molecular complexity index is 667. The Labute approximate surface area is 138 Å². The quantitative estimate of drug-likeness (QED) is 0.842. The highest BCUT2D eigenvalue weighted by molar-refractivity contribution is 7.89. The number of piperidine rings is 1. The largest absolute Gasteiger partial charge is 0.339 e. The fourth-order valence-electron chi connectivity index (χ4n) is 2.82. The number of aryl methyl sites for hydroxylation is 1. The van der Waals surface area contributed by atoms with Crippen LogP contribution in [-0.2, 0) is 10.0 Å². The van der Waals surface area contributed by atoms with Gasteiger partial charge in [-0.2, -0.15) is 0 Å². The predicted molar refractivity (Wildman–Crippen MR) is 90.0 cm³/mol. The van der Waals surface area contributed by atoms with Crippen LogP contribution < -0.4 is 10.0 Å². The highest BCUT2D eigenvalue weighted by atomic mass is 32.2. The van der Waals surface area contributed by atoms with Crippen LogP contribution in [0.1, 0.15) is 35.7 Å². The Morgan fingerprint density at radius 2 is 2.00 bits per heavy atom. The molecule has 1 amide bonds. The van der Waals surface area contributed by atoms with E-state index in [4.69, 9.17) is 0 Å². The van der Waals surface area contributed by atoms with Crippen molar-refractivity contribution in [1.82, 2.24) is 14.9 Å². The van der Waals surface area contributed by atoms with Gasteiger partial charge in [0.1, 0.15) is 0 Å². The standard InChI is InChI=1S/C16H25N3O3S/c1-4-18-23(21,22)14-6-5-12(2)15(11-14)16(20)19(3)13-7-9-17-10-8-13/h5-6,11,13,17-18H,4,7-10H2,1-3H3. The zero-order chi connectivity index (χ0) is 17.0. The van der Waals surface area contributed by atoms with Gasteiger partial charge in [-0.05, 0) is 50.6 Å². The SMILES string of the molecule is CCNS(=O)(=O)c1ccc(C)c(C(=O)N(C)C2CCNCC2)c1. The number of carbonyl (C=O) groups excluding carboxylic acids is 1. The van der Waals surface area contributed by atoms with Crippen LogP contribution in [-0.4, -0.2) is 51.9 Å². The molecular formula is C16H25N3O3S. The molecule has 1 aliphatic rings. The van der Waals surface area contributed by atoms with Crippen molar-refractivity contribution in [3.63, 3.8) is 0 Å². The summed E-state index contributed by atoms with van der Waals surface area (Å²) in [4.78, 5) is 14.7. The van der Waals surface area contributed by atoms with E-state index in [1.165, 1.54) is 12.1 Å². The van der Waals surface area contributed by atoms with Crippen molar-refractivity contribution in [2.24, 2.45) is 0 Å². The van der Waals surface area contributed by atoms with Crippen LogP contribution in [0.4, 0.5) is 0 Å². The Morgan fingerprint density at radius 1 is 1.35 bits per heavy atom. The van der Waals surface area contributed by atoms with Crippen molar-refractivity contribution < 1.29 is 13.2 Å². The molecular weight excluding hydrogens is 314 g/mol. The van der Waals surface area contributed by atoms with E-state index >= 15 is 0 Å². The Kier molecular flexibility index (Phi) is 5.78. The van der Waals surface area contributed by atoms with Gasteiger partial charge in [0.2, 0.25) is 10.0 Å². The molecule has 0 bridgehead atoms. The van der Waals surface area contributed by atoms with Crippen LogP contribution in [0.25, 0.3) is 0 Å². The molecule has 2 N–H and O–H groups in total. The van der Waals surface area contributed by atoms with E-state index in [1.54, 1.807) is 24.9 Å². The minimum absolute atomic E-state index is 0.122. The van der Waals surface area contributed by atoms with Gasteiger partial charge in [-0.3, -0.25) is 4.79 Å². The van der Waals surface area contributed by atoms with Gasteiger partial charge in [0, 0.05) is 25.2 Å². The minimum Gasteiger partial charge on any atom is -0.339 e. The summed E-state index contributed by atoms with van der Waals surface area (Å²) in [7, 11) is -1.77. The summed E-state index contributed by atoms with van der Waals surface area (Å²) in [5, 5.41) is 3.28. The number of benzene rings is 1. The van der Waals surface area contributed by atoms with Crippen molar-refractivity contribution in [3.05, 3.63) is 29.3 Å². The van der Waals surface area contributed by atoms with Gasteiger partial charge in [0.25, 0.3) is 5.91 Å². The summed E-state index contributed by atoms with van der Waals surface area (Å²) in [6, 6.07) is 4.90. The molecule has 2 rings (SSSR count). The van der Waals surface area contributed by atoms with Gasteiger partial charge >= 0.3 is 0 Å². The summed E-state index contributed by atoms with van der Waals surface area (Å²) in [5.41, 5.74) is 1.23. The lowest BCUT2D eigenvalue weighted by Crippen LogP contribution is -2.44. The Balaban J connectivity index is 2.29. The van der Waals surface area contributed by atoms with Crippen LogP contribution in [0.3, 0.4) is 0 Å². The van der Waals surface area contributed by atoms with Gasteiger partial charge in [-0.25, -0.2) is 13.1 Å². The molecule has 0 atom stereocenters. The number of amides is 1. The molecule has 0 aromatic heterocycles. The van der Waals surface area contributed by atoms with Gasteiger partial charge < -0.3 is 10.2 Å². The smallest absolute Gasteiger partial charge is 0.254 e. The Morgan fingerprint density at radius 3 is 2.61 bits per heavy atom. The first kappa shape index (κ1) is 17.9. The Hall–Kier alpha value is -1.44. The lowest BCUT2D eigenvalue weighted by Gasteiger charge is -2.32. The van der Waals surface area contributed by atoms with Gasteiger partial charge in [-0.15, -0.1) is 0 Å². The fourth-order valence-corrected chi connectivity index (χ4v) is 3.89.